The molecule has 0 saturated carbocycles. The number of carbonyl (C=O) groups is 1. The van der Waals surface area contributed by atoms with Gasteiger partial charge in [-0.05, 0) is 31.9 Å². The highest BCUT2D eigenvalue weighted by Crippen LogP contribution is 2.14. The van der Waals surface area contributed by atoms with Crippen molar-refractivity contribution in [2.24, 2.45) is 5.92 Å². The predicted molar refractivity (Wildman–Crippen MR) is 80.0 cm³/mol. The van der Waals surface area contributed by atoms with Gasteiger partial charge in [-0.3, -0.25) is 0 Å². The number of carboxylic acids is 1. The molecule has 1 rings (SSSR count). The molecule has 0 atom stereocenters. The smallest absolute Gasteiger partial charge is 0.339 e. The van der Waals surface area contributed by atoms with Crippen LogP contribution in [0.1, 0.15) is 67.8 Å². The fourth-order valence-electron chi connectivity index (χ4n) is 2.21. The van der Waals surface area contributed by atoms with Crippen LogP contribution in [0.4, 0.5) is 0 Å². The fraction of sp³-hybridized carbons (Fsp3) is 0.688. The van der Waals surface area contributed by atoms with Crippen molar-refractivity contribution in [1.82, 2.24) is 5.32 Å². The topological polar surface area (TPSA) is 62.5 Å². The first-order chi connectivity index (χ1) is 9.50. The molecule has 1 aromatic rings. The van der Waals surface area contributed by atoms with Gasteiger partial charge in [-0.25, -0.2) is 4.79 Å². The van der Waals surface area contributed by atoms with E-state index in [9.17, 15) is 4.79 Å². The average molecular weight is 281 g/mol. The van der Waals surface area contributed by atoms with Crippen LogP contribution < -0.4 is 5.32 Å². The van der Waals surface area contributed by atoms with Gasteiger partial charge in [-0.1, -0.05) is 39.5 Å². The van der Waals surface area contributed by atoms with Crippen molar-refractivity contribution in [3.8, 4) is 0 Å². The standard InChI is InChI=1S/C16H27NO3/c1-12(2)8-6-4-5-7-9-17-11-14-10-15(16(18)19)13(3)20-14/h10,12,17H,4-9,11H2,1-3H3,(H,18,19). The summed E-state index contributed by atoms with van der Waals surface area (Å²) in [4.78, 5) is 10.9. The number of hydrogen-bond acceptors (Lipinski definition) is 3. The van der Waals surface area contributed by atoms with E-state index in [2.05, 4.69) is 19.2 Å². The number of aromatic carboxylic acids is 1. The molecule has 4 heteroatoms. The van der Waals surface area contributed by atoms with Crippen LogP contribution in [-0.4, -0.2) is 17.6 Å². The second kappa shape index (κ2) is 8.80. The summed E-state index contributed by atoms with van der Waals surface area (Å²) in [6.07, 6.45) is 6.33. The molecule has 0 bridgehead atoms. The van der Waals surface area contributed by atoms with Crippen molar-refractivity contribution in [2.45, 2.75) is 59.4 Å². The maximum Gasteiger partial charge on any atom is 0.339 e. The molecule has 0 aliphatic carbocycles. The van der Waals surface area contributed by atoms with Gasteiger partial charge in [-0.15, -0.1) is 0 Å². The molecule has 0 unspecified atom stereocenters. The molecule has 114 valence electrons. The molecular weight excluding hydrogens is 254 g/mol. The summed E-state index contributed by atoms with van der Waals surface area (Å²) < 4.78 is 5.40. The van der Waals surface area contributed by atoms with Gasteiger partial charge >= 0.3 is 5.97 Å². The van der Waals surface area contributed by atoms with Gasteiger partial charge in [-0.2, -0.15) is 0 Å². The quantitative estimate of drug-likeness (QED) is 0.637. The highest BCUT2D eigenvalue weighted by Gasteiger charge is 2.12. The molecule has 4 nitrogen and oxygen atoms in total. The lowest BCUT2D eigenvalue weighted by molar-refractivity contribution is 0.0695. The van der Waals surface area contributed by atoms with Crippen molar-refractivity contribution < 1.29 is 14.3 Å². The van der Waals surface area contributed by atoms with Crippen molar-refractivity contribution in [1.29, 1.82) is 0 Å². The predicted octanol–water partition coefficient (Wildman–Crippen LogP) is 3.98. The lowest BCUT2D eigenvalue weighted by Crippen LogP contribution is -2.14. The SMILES string of the molecule is Cc1oc(CNCCCCCCC(C)C)cc1C(=O)O. The van der Waals surface area contributed by atoms with Gasteiger partial charge in [0.2, 0.25) is 0 Å². The normalized spacial score (nSPS) is 11.2. The van der Waals surface area contributed by atoms with E-state index in [0.29, 0.717) is 18.1 Å². The Bertz CT molecular complexity index is 410. The molecule has 0 saturated heterocycles. The summed E-state index contributed by atoms with van der Waals surface area (Å²) in [6.45, 7) is 7.75. The molecule has 0 aliphatic heterocycles. The van der Waals surface area contributed by atoms with Gasteiger partial charge in [0, 0.05) is 0 Å². The number of nitrogens with one attached hydrogen (secondary N) is 1. The molecule has 0 aliphatic rings. The third-order valence-electron chi connectivity index (χ3n) is 3.38. The number of unbranched alkanes of at least 4 members (excludes halogenated alkanes) is 3. The molecule has 1 aromatic heterocycles. The zero-order valence-electron chi connectivity index (χ0n) is 12.9. The van der Waals surface area contributed by atoms with Crippen molar-refractivity contribution in [2.75, 3.05) is 6.54 Å². The van der Waals surface area contributed by atoms with E-state index in [4.69, 9.17) is 9.52 Å². The van der Waals surface area contributed by atoms with Crippen LogP contribution in [-0.2, 0) is 6.54 Å². The Balaban J connectivity index is 2.10. The molecule has 0 spiro atoms. The Labute approximate surface area is 121 Å². The van der Waals surface area contributed by atoms with Gasteiger partial charge in [0.25, 0.3) is 0 Å². The Morgan fingerprint density at radius 2 is 2.00 bits per heavy atom. The zero-order valence-corrected chi connectivity index (χ0v) is 12.9. The second-order valence-corrected chi connectivity index (χ2v) is 5.76. The van der Waals surface area contributed by atoms with Gasteiger partial charge in [0.15, 0.2) is 0 Å². The number of rotatable bonds is 10. The maximum absolute atomic E-state index is 10.9. The summed E-state index contributed by atoms with van der Waals surface area (Å²) >= 11 is 0. The lowest BCUT2D eigenvalue weighted by atomic mass is 10.0. The van der Waals surface area contributed by atoms with Gasteiger partial charge < -0.3 is 14.8 Å². The first kappa shape index (κ1) is 16.8. The number of furan rings is 1. The van der Waals surface area contributed by atoms with E-state index < -0.39 is 5.97 Å². The summed E-state index contributed by atoms with van der Waals surface area (Å²) in [5, 5.41) is 12.2. The minimum atomic E-state index is -0.928. The Morgan fingerprint density at radius 1 is 1.30 bits per heavy atom. The summed E-state index contributed by atoms with van der Waals surface area (Å²) in [5.74, 6) is 1.05. The van der Waals surface area contributed by atoms with Crippen molar-refractivity contribution in [3.05, 3.63) is 23.2 Å². The van der Waals surface area contributed by atoms with Crippen LogP contribution >= 0.6 is 0 Å². The second-order valence-electron chi connectivity index (χ2n) is 5.76. The molecule has 2 N–H and O–H groups in total. The molecule has 0 fully saturated rings. The van der Waals surface area contributed by atoms with Gasteiger partial charge in [0.1, 0.15) is 17.1 Å². The molecule has 1 heterocycles. The Kier molecular flexibility index (Phi) is 7.37. The monoisotopic (exact) mass is 281 g/mol. The lowest BCUT2D eigenvalue weighted by Gasteiger charge is -2.05. The van der Waals surface area contributed by atoms with E-state index >= 15 is 0 Å². The highest BCUT2D eigenvalue weighted by molar-refractivity contribution is 5.88. The molecule has 0 aromatic carbocycles. The summed E-state index contributed by atoms with van der Waals surface area (Å²) in [6, 6.07) is 1.60. The zero-order chi connectivity index (χ0) is 15.0. The first-order valence-corrected chi connectivity index (χ1v) is 7.54. The number of carboxylic acid groups (broad SMARTS) is 1. The van der Waals surface area contributed by atoms with Crippen LogP contribution in [0.25, 0.3) is 0 Å². The third-order valence-corrected chi connectivity index (χ3v) is 3.38. The maximum atomic E-state index is 10.9. The number of aryl methyl sites for hydroxylation is 1. The summed E-state index contributed by atoms with van der Waals surface area (Å²) in [7, 11) is 0. The summed E-state index contributed by atoms with van der Waals surface area (Å²) in [5.41, 5.74) is 0.260. The van der Waals surface area contributed by atoms with Crippen LogP contribution in [0.15, 0.2) is 10.5 Å². The number of hydrogen-bond donors (Lipinski definition) is 2. The Hall–Kier alpha value is -1.29. The van der Waals surface area contributed by atoms with Gasteiger partial charge in [0.05, 0.1) is 6.54 Å². The first-order valence-electron chi connectivity index (χ1n) is 7.54. The van der Waals surface area contributed by atoms with E-state index in [1.54, 1.807) is 13.0 Å². The van der Waals surface area contributed by atoms with Crippen LogP contribution in [0, 0.1) is 12.8 Å². The largest absolute Gasteiger partial charge is 0.478 e. The molecule has 0 amide bonds. The average Bonchev–Trinajstić information content (AvgIpc) is 2.73. The van der Waals surface area contributed by atoms with Crippen LogP contribution in [0.5, 0.6) is 0 Å². The van der Waals surface area contributed by atoms with E-state index in [-0.39, 0.29) is 5.56 Å². The fourth-order valence-corrected chi connectivity index (χ4v) is 2.21. The Morgan fingerprint density at radius 3 is 2.60 bits per heavy atom. The molecule has 20 heavy (non-hydrogen) atoms. The molecular formula is C16H27NO3. The van der Waals surface area contributed by atoms with E-state index in [1.165, 1.54) is 25.7 Å². The van der Waals surface area contributed by atoms with E-state index in [1.807, 2.05) is 0 Å². The van der Waals surface area contributed by atoms with Crippen LogP contribution in [0.3, 0.4) is 0 Å². The minimum absolute atomic E-state index is 0.260. The third kappa shape index (κ3) is 6.24. The van der Waals surface area contributed by atoms with Crippen LogP contribution in [0.2, 0.25) is 0 Å². The van der Waals surface area contributed by atoms with Crippen molar-refractivity contribution in [3.63, 3.8) is 0 Å². The minimum Gasteiger partial charge on any atom is -0.478 e. The van der Waals surface area contributed by atoms with Crippen molar-refractivity contribution >= 4 is 5.97 Å². The highest BCUT2D eigenvalue weighted by atomic mass is 16.4. The molecule has 0 radical (unpaired) electrons. The van der Waals surface area contributed by atoms with E-state index in [0.717, 1.165) is 18.9 Å².